The first-order valence-corrected chi connectivity index (χ1v) is 9.26. The number of hydrogen-bond donors (Lipinski definition) is 2. The highest BCUT2D eigenvalue weighted by Gasteiger charge is 2.11. The van der Waals surface area contributed by atoms with E-state index in [4.69, 9.17) is 9.47 Å². The standard InChI is InChI=1S/C22H27N3O4/c1-14-6-7-15(2)19(12-14)23-21(26)10-11-22(27)25-24-16(3)18-9-8-17(28-4)13-20(18)29-5/h6-9,12-13H,10-11H2,1-5H3,(H,23,26)(H,25,27). The Morgan fingerprint density at radius 2 is 1.69 bits per heavy atom. The summed E-state index contributed by atoms with van der Waals surface area (Å²) < 4.78 is 10.5. The molecule has 0 aliphatic rings. The Morgan fingerprint density at radius 3 is 2.38 bits per heavy atom. The van der Waals surface area contributed by atoms with Crippen molar-refractivity contribution in [3.05, 3.63) is 53.1 Å². The summed E-state index contributed by atoms with van der Waals surface area (Å²) in [4.78, 5) is 24.2. The van der Waals surface area contributed by atoms with Gasteiger partial charge in [-0.25, -0.2) is 5.43 Å². The zero-order valence-corrected chi connectivity index (χ0v) is 17.5. The fraction of sp³-hybridized carbons (Fsp3) is 0.318. The van der Waals surface area contributed by atoms with Gasteiger partial charge in [0, 0.05) is 30.2 Å². The fourth-order valence-corrected chi connectivity index (χ4v) is 2.67. The van der Waals surface area contributed by atoms with E-state index < -0.39 is 0 Å². The van der Waals surface area contributed by atoms with Crippen molar-refractivity contribution in [2.45, 2.75) is 33.6 Å². The Morgan fingerprint density at radius 1 is 0.966 bits per heavy atom. The topological polar surface area (TPSA) is 89.0 Å². The lowest BCUT2D eigenvalue weighted by Crippen LogP contribution is -2.22. The van der Waals surface area contributed by atoms with E-state index in [0.717, 1.165) is 22.4 Å². The number of carbonyl (C=O) groups excluding carboxylic acids is 2. The van der Waals surface area contributed by atoms with Crippen LogP contribution in [-0.4, -0.2) is 31.7 Å². The molecule has 0 saturated carbocycles. The van der Waals surface area contributed by atoms with Gasteiger partial charge in [-0.05, 0) is 50.1 Å². The molecule has 0 heterocycles. The van der Waals surface area contributed by atoms with Crippen molar-refractivity contribution in [1.29, 1.82) is 0 Å². The third kappa shape index (κ3) is 6.34. The van der Waals surface area contributed by atoms with Gasteiger partial charge >= 0.3 is 0 Å². The van der Waals surface area contributed by atoms with Crippen LogP contribution in [0.2, 0.25) is 0 Å². The number of nitrogens with zero attached hydrogens (tertiary/aromatic N) is 1. The average Bonchev–Trinajstić information content (AvgIpc) is 2.72. The highest BCUT2D eigenvalue weighted by atomic mass is 16.5. The van der Waals surface area contributed by atoms with Gasteiger partial charge in [-0.3, -0.25) is 9.59 Å². The number of methoxy groups -OCH3 is 2. The lowest BCUT2D eigenvalue weighted by molar-refractivity contribution is -0.124. The number of nitrogens with one attached hydrogen (secondary N) is 2. The van der Waals surface area contributed by atoms with Crippen LogP contribution < -0.4 is 20.2 Å². The number of ether oxygens (including phenoxy) is 2. The summed E-state index contributed by atoms with van der Waals surface area (Å²) >= 11 is 0. The average molecular weight is 397 g/mol. The van der Waals surface area contributed by atoms with Crippen LogP contribution in [0.1, 0.15) is 36.5 Å². The molecular formula is C22H27N3O4. The molecule has 0 bridgehead atoms. The first-order chi connectivity index (χ1) is 13.8. The Balaban J connectivity index is 1.90. The lowest BCUT2D eigenvalue weighted by Gasteiger charge is -2.10. The molecule has 0 aliphatic carbocycles. The first kappa shape index (κ1) is 21.9. The van der Waals surface area contributed by atoms with E-state index in [1.807, 2.05) is 32.0 Å². The van der Waals surface area contributed by atoms with Gasteiger partial charge in [-0.15, -0.1) is 0 Å². The highest BCUT2D eigenvalue weighted by Crippen LogP contribution is 2.25. The summed E-state index contributed by atoms with van der Waals surface area (Å²) in [7, 11) is 3.13. The fourth-order valence-electron chi connectivity index (χ4n) is 2.67. The third-order valence-electron chi connectivity index (χ3n) is 4.39. The van der Waals surface area contributed by atoms with Crippen LogP contribution in [0.5, 0.6) is 11.5 Å². The number of aryl methyl sites for hydroxylation is 2. The summed E-state index contributed by atoms with van der Waals surface area (Å²) in [5, 5.41) is 6.95. The SMILES string of the molecule is COc1ccc(C(C)=NNC(=O)CCC(=O)Nc2cc(C)ccc2C)c(OC)c1. The molecule has 0 saturated heterocycles. The molecule has 7 nitrogen and oxygen atoms in total. The quantitative estimate of drug-likeness (QED) is 0.526. The van der Waals surface area contributed by atoms with Crippen molar-refractivity contribution < 1.29 is 19.1 Å². The molecular weight excluding hydrogens is 370 g/mol. The molecule has 7 heteroatoms. The van der Waals surface area contributed by atoms with Gasteiger partial charge in [0.15, 0.2) is 0 Å². The van der Waals surface area contributed by atoms with E-state index >= 15 is 0 Å². The minimum Gasteiger partial charge on any atom is -0.497 e. The summed E-state index contributed by atoms with van der Waals surface area (Å²) in [6, 6.07) is 11.2. The summed E-state index contributed by atoms with van der Waals surface area (Å²) in [5.74, 6) is 0.698. The molecule has 154 valence electrons. The normalized spacial score (nSPS) is 11.0. The zero-order valence-electron chi connectivity index (χ0n) is 17.5. The number of amides is 2. The summed E-state index contributed by atoms with van der Waals surface area (Å²) in [5.41, 5.74) is 6.59. The van der Waals surface area contributed by atoms with Crippen LogP contribution in [0.25, 0.3) is 0 Å². The maximum atomic E-state index is 12.1. The van der Waals surface area contributed by atoms with Gasteiger partial charge in [0.1, 0.15) is 11.5 Å². The monoisotopic (exact) mass is 397 g/mol. The highest BCUT2D eigenvalue weighted by molar-refractivity contribution is 6.02. The van der Waals surface area contributed by atoms with Crippen molar-refractivity contribution in [3.8, 4) is 11.5 Å². The molecule has 29 heavy (non-hydrogen) atoms. The van der Waals surface area contributed by atoms with E-state index in [1.54, 1.807) is 39.3 Å². The molecule has 2 aromatic rings. The van der Waals surface area contributed by atoms with Gasteiger partial charge in [0.25, 0.3) is 0 Å². The maximum Gasteiger partial charge on any atom is 0.240 e. The Bertz CT molecular complexity index is 922. The van der Waals surface area contributed by atoms with E-state index in [0.29, 0.717) is 17.2 Å². The molecule has 0 fully saturated rings. The van der Waals surface area contributed by atoms with E-state index in [9.17, 15) is 9.59 Å². The minimum absolute atomic E-state index is 0.0349. The predicted octanol–water partition coefficient (Wildman–Crippen LogP) is 3.58. The lowest BCUT2D eigenvalue weighted by atomic mass is 10.1. The maximum absolute atomic E-state index is 12.1. The van der Waals surface area contributed by atoms with E-state index in [2.05, 4.69) is 15.8 Å². The Hall–Kier alpha value is -3.35. The number of benzene rings is 2. The molecule has 0 atom stereocenters. The van der Waals surface area contributed by atoms with Gasteiger partial charge in [0.2, 0.25) is 11.8 Å². The Kier molecular flexibility index (Phi) is 7.77. The second-order valence-corrected chi connectivity index (χ2v) is 6.66. The van der Waals surface area contributed by atoms with E-state index in [-0.39, 0.29) is 24.7 Å². The molecule has 2 aromatic carbocycles. The molecule has 2 N–H and O–H groups in total. The van der Waals surface area contributed by atoms with Crippen LogP contribution in [0.15, 0.2) is 41.5 Å². The molecule has 0 radical (unpaired) electrons. The van der Waals surface area contributed by atoms with Crippen molar-refractivity contribution in [2.75, 3.05) is 19.5 Å². The van der Waals surface area contributed by atoms with Crippen molar-refractivity contribution in [2.24, 2.45) is 5.10 Å². The molecule has 2 amide bonds. The van der Waals surface area contributed by atoms with E-state index in [1.165, 1.54) is 0 Å². The van der Waals surface area contributed by atoms with Crippen molar-refractivity contribution in [3.63, 3.8) is 0 Å². The smallest absolute Gasteiger partial charge is 0.240 e. The van der Waals surface area contributed by atoms with Crippen LogP contribution in [0.4, 0.5) is 5.69 Å². The number of anilines is 1. The van der Waals surface area contributed by atoms with Crippen molar-refractivity contribution in [1.82, 2.24) is 5.43 Å². The Labute approximate surface area is 171 Å². The van der Waals surface area contributed by atoms with Crippen LogP contribution in [0.3, 0.4) is 0 Å². The molecule has 0 unspecified atom stereocenters. The molecule has 0 spiro atoms. The van der Waals surface area contributed by atoms with Gasteiger partial charge in [-0.1, -0.05) is 12.1 Å². The van der Waals surface area contributed by atoms with Gasteiger partial charge in [0.05, 0.1) is 19.9 Å². The van der Waals surface area contributed by atoms with Gasteiger partial charge < -0.3 is 14.8 Å². The van der Waals surface area contributed by atoms with Crippen molar-refractivity contribution >= 4 is 23.2 Å². The number of carbonyl (C=O) groups is 2. The van der Waals surface area contributed by atoms with Crippen LogP contribution in [-0.2, 0) is 9.59 Å². The second kappa shape index (κ2) is 10.3. The molecule has 2 rings (SSSR count). The van der Waals surface area contributed by atoms with Crippen LogP contribution in [0, 0.1) is 13.8 Å². The van der Waals surface area contributed by atoms with Gasteiger partial charge in [-0.2, -0.15) is 5.10 Å². The first-order valence-electron chi connectivity index (χ1n) is 9.26. The molecule has 0 aromatic heterocycles. The largest absolute Gasteiger partial charge is 0.497 e. The van der Waals surface area contributed by atoms with Crippen LogP contribution >= 0.6 is 0 Å². The second-order valence-electron chi connectivity index (χ2n) is 6.66. The predicted molar refractivity (Wildman–Crippen MR) is 114 cm³/mol. The molecule has 0 aliphatic heterocycles. The third-order valence-corrected chi connectivity index (χ3v) is 4.39. The number of hydrazone groups is 1. The minimum atomic E-state index is -0.340. The summed E-state index contributed by atoms with van der Waals surface area (Å²) in [6.07, 6.45) is 0.104. The number of rotatable bonds is 8. The summed E-state index contributed by atoms with van der Waals surface area (Å²) in [6.45, 7) is 5.64. The zero-order chi connectivity index (χ0) is 21.4. The number of hydrogen-bond acceptors (Lipinski definition) is 5.